The summed E-state index contributed by atoms with van der Waals surface area (Å²) in [6.45, 7) is 6.28. The number of ether oxygens (including phenoxy) is 1. The number of rotatable bonds is 8. The first kappa shape index (κ1) is 14.9. The lowest BCUT2D eigenvalue weighted by atomic mass is 9.94. The number of esters is 1. The molecular weight excluding hydrogens is 208 g/mol. The van der Waals surface area contributed by atoms with Crippen molar-refractivity contribution in [2.45, 2.75) is 46.5 Å². The highest BCUT2D eigenvalue weighted by Gasteiger charge is 2.22. The van der Waals surface area contributed by atoms with Gasteiger partial charge in [0, 0.05) is 0 Å². The summed E-state index contributed by atoms with van der Waals surface area (Å²) in [4.78, 5) is 22.2. The van der Waals surface area contributed by atoms with E-state index in [2.05, 4.69) is 0 Å². The number of carbonyl (C=O) groups is 2. The van der Waals surface area contributed by atoms with Crippen molar-refractivity contribution in [1.82, 2.24) is 0 Å². The van der Waals surface area contributed by atoms with Gasteiger partial charge in [-0.25, -0.2) is 0 Å². The van der Waals surface area contributed by atoms with Crippen molar-refractivity contribution in [2.75, 3.05) is 6.61 Å². The van der Waals surface area contributed by atoms with Crippen LogP contribution in [0.15, 0.2) is 0 Å². The SMILES string of the molecule is CCCCOC(=O)C[C@@H](CC(C)C)C(=O)O. The molecule has 0 aliphatic rings. The Morgan fingerprint density at radius 2 is 1.94 bits per heavy atom. The topological polar surface area (TPSA) is 63.6 Å². The third-order valence-corrected chi connectivity index (χ3v) is 2.28. The van der Waals surface area contributed by atoms with Gasteiger partial charge in [-0.3, -0.25) is 9.59 Å². The standard InChI is InChI=1S/C12H22O4/c1-4-5-6-16-11(13)8-10(12(14)15)7-9(2)3/h9-10H,4-8H2,1-3H3,(H,14,15)/t10-/m1/s1. The van der Waals surface area contributed by atoms with E-state index in [0.717, 1.165) is 12.8 Å². The molecule has 0 heterocycles. The second-order valence-corrected chi connectivity index (χ2v) is 4.44. The van der Waals surface area contributed by atoms with Crippen LogP contribution < -0.4 is 0 Å². The highest BCUT2D eigenvalue weighted by molar-refractivity contribution is 5.78. The fourth-order valence-corrected chi connectivity index (χ4v) is 1.43. The first-order valence-corrected chi connectivity index (χ1v) is 5.85. The van der Waals surface area contributed by atoms with Gasteiger partial charge in [0.2, 0.25) is 0 Å². The van der Waals surface area contributed by atoms with E-state index in [1.165, 1.54) is 0 Å². The van der Waals surface area contributed by atoms with Crippen LogP contribution in [0.3, 0.4) is 0 Å². The van der Waals surface area contributed by atoms with Gasteiger partial charge in [-0.1, -0.05) is 27.2 Å². The largest absolute Gasteiger partial charge is 0.481 e. The Morgan fingerprint density at radius 1 is 1.31 bits per heavy atom. The third-order valence-electron chi connectivity index (χ3n) is 2.28. The normalized spacial score (nSPS) is 12.5. The minimum Gasteiger partial charge on any atom is -0.481 e. The van der Waals surface area contributed by atoms with E-state index in [9.17, 15) is 9.59 Å². The Hall–Kier alpha value is -1.06. The molecule has 0 rings (SSSR count). The van der Waals surface area contributed by atoms with Crippen LogP contribution in [-0.2, 0) is 14.3 Å². The van der Waals surface area contributed by atoms with E-state index in [-0.39, 0.29) is 12.3 Å². The molecule has 0 saturated heterocycles. The van der Waals surface area contributed by atoms with Crippen molar-refractivity contribution in [3.63, 3.8) is 0 Å². The summed E-state index contributed by atoms with van der Waals surface area (Å²) in [6, 6.07) is 0. The molecule has 0 aliphatic heterocycles. The molecule has 16 heavy (non-hydrogen) atoms. The van der Waals surface area contributed by atoms with Crippen LogP contribution in [0.1, 0.15) is 46.5 Å². The van der Waals surface area contributed by atoms with Gasteiger partial charge in [-0.2, -0.15) is 0 Å². The smallest absolute Gasteiger partial charge is 0.307 e. The molecular formula is C12H22O4. The zero-order chi connectivity index (χ0) is 12.6. The van der Waals surface area contributed by atoms with Crippen LogP contribution in [0.5, 0.6) is 0 Å². The number of unbranched alkanes of at least 4 members (excludes halogenated alkanes) is 1. The molecule has 0 aromatic heterocycles. The van der Waals surface area contributed by atoms with Gasteiger partial charge in [0.15, 0.2) is 0 Å². The van der Waals surface area contributed by atoms with E-state index < -0.39 is 17.9 Å². The van der Waals surface area contributed by atoms with E-state index >= 15 is 0 Å². The third kappa shape index (κ3) is 7.26. The van der Waals surface area contributed by atoms with Crippen molar-refractivity contribution in [3.8, 4) is 0 Å². The molecule has 0 saturated carbocycles. The molecule has 0 fully saturated rings. The lowest BCUT2D eigenvalue weighted by Crippen LogP contribution is -2.21. The molecule has 0 bridgehead atoms. The minimum atomic E-state index is -0.916. The summed E-state index contributed by atoms with van der Waals surface area (Å²) < 4.78 is 4.94. The molecule has 0 amide bonds. The highest BCUT2D eigenvalue weighted by Crippen LogP contribution is 2.16. The van der Waals surface area contributed by atoms with Crippen molar-refractivity contribution in [3.05, 3.63) is 0 Å². The predicted octanol–water partition coefficient (Wildman–Crippen LogP) is 2.47. The van der Waals surface area contributed by atoms with Gasteiger partial charge in [0.25, 0.3) is 0 Å². The molecule has 1 N–H and O–H groups in total. The number of aliphatic carboxylic acids is 1. The molecule has 0 radical (unpaired) electrons. The average Bonchev–Trinajstić information content (AvgIpc) is 2.16. The first-order chi connectivity index (χ1) is 7.47. The molecule has 4 heteroatoms. The first-order valence-electron chi connectivity index (χ1n) is 5.85. The van der Waals surface area contributed by atoms with E-state index in [1.807, 2.05) is 20.8 Å². The summed E-state index contributed by atoms with van der Waals surface area (Å²) >= 11 is 0. The maximum absolute atomic E-state index is 11.3. The summed E-state index contributed by atoms with van der Waals surface area (Å²) in [6.07, 6.45) is 2.28. The maximum Gasteiger partial charge on any atom is 0.307 e. The molecule has 0 aromatic rings. The van der Waals surface area contributed by atoms with Crippen LogP contribution in [-0.4, -0.2) is 23.7 Å². The number of carboxylic acids is 1. The Kier molecular flexibility index (Phi) is 7.60. The van der Waals surface area contributed by atoms with E-state index in [4.69, 9.17) is 9.84 Å². The van der Waals surface area contributed by atoms with Crippen molar-refractivity contribution < 1.29 is 19.4 Å². The second kappa shape index (κ2) is 8.13. The van der Waals surface area contributed by atoms with Gasteiger partial charge in [0.1, 0.15) is 0 Å². The monoisotopic (exact) mass is 230 g/mol. The van der Waals surface area contributed by atoms with Gasteiger partial charge in [-0.15, -0.1) is 0 Å². The lowest BCUT2D eigenvalue weighted by Gasteiger charge is -2.13. The van der Waals surface area contributed by atoms with Gasteiger partial charge >= 0.3 is 11.9 Å². The quantitative estimate of drug-likeness (QED) is 0.514. The summed E-state index contributed by atoms with van der Waals surface area (Å²) in [5, 5.41) is 8.93. The lowest BCUT2D eigenvalue weighted by molar-refractivity contribution is -0.152. The summed E-state index contributed by atoms with van der Waals surface area (Å²) in [5.74, 6) is -1.67. The van der Waals surface area contributed by atoms with Crippen LogP contribution in [0.4, 0.5) is 0 Å². The Labute approximate surface area is 97.0 Å². The van der Waals surface area contributed by atoms with Crippen LogP contribution in [0, 0.1) is 11.8 Å². The van der Waals surface area contributed by atoms with E-state index in [0.29, 0.717) is 13.0 Å². The van der Waals surface area contributed by atoms with Crippen molar-refractivity contribution >= 4 is 11.9 Å². The molecule has 0 spiro atoms. The Bertz CT molecular complexity index is 223. The summed E-state index contributed by atoms with van der Waals surface area (Å²) in [7, 11) is 0. The van der Waals surface area contributed by atoms with Crippen molar-refractivity contribution in [2.24, 2.45) is 11.8 Å². The van der Waals surface area contributed by atoms with Crippen LogP contribution in [0.2, 0.25) is 0 Å². The average molecular weight is 230 g/mol. The minimum absolute atomic E-state index is 0.0166. The van der Waals surface area contributed by atoms with Gasteiger partial charge < -0.3 is 9.84 Å². The second-order valence-electron chi connectivity index (χ2n) is 4.44. The van der Waals surface area contributed by atoms with E-state index in [1.54, 1.807) is 0 Å². The summed E-state index contributed by atoms with van der Waals surface area (Å²) in [5.41, 5.74) is 0. The molecule has 4 nitrogen and oxygen atoms in total. The van der Waals surface area contributed by atoms with Crippen LogP contribution >= 0.6 is 0 Å². The fourth-order valence-electron chi connectivity index (χ4n) is 1.43. The molecule has 94 valence electrons. The Balaban J connectivity index is 3.98. The highest BCUT2D eigenvalue weighted by atomic mass is 16.5. The van der Waals surface area contributed by atoms with Crippen LogP contribution in [0.25, 0.3) is 0 Å². The number of carboxylic acid groups (broad SMARTS) is 1. The Morgan fingerprint density at radius 3 is 2.38 bits per heavy atom. The zero-order valence-corrected chi connectivity index (χ0v) is 10.4. The predicted molar refractivity (Wildman–Crippen MR) is 61.1 cm³/mol. The number of hydrogen-bond acceptors (Lipinski definition) is 3. The zero-order valence-electron chi connectivity index (χ0n) is 10.4. The molecule has 1 atom stereocenters. The fraction of sp³-hybridized carbons (Fsp3) is 0.833. The molecule has 0 aromatic carbocycles. The number of hydrogen-bond donors (Lipinski definition) is 1. The van der Waals surface area contributed by atoms with Crippen molar-refractivity contribution in [1.29, 1.82) is 0 Å². The molecule has 0 unspecified atom stereocenters. The molecule has 0 aliphatic carbocycles. The van der Waals surface area contributed by atoms with Gasteiger partial charge in [0.05, 0.1) is 18.9 Å². The van der Waals surface area contributed by atoms with Gasteiger partial charge in [-0.05, 0) is 18.8 Å². The maximum atomic E-state index is 11.3. The number of carbonyl (C=O) groups excluding carboxylic acids is 1.